The highest BCUT2D eigenvalue weighted by Gasteiger charge is 2.05. The molecule has 3 rings (SSSR count). The summed E-state index contributed by atoms with van der Waals surface area (Å²) in [7, 11) is 0. The van der Waals surface area contributed by atoms with Gasteiger partial charge in [-0.2, -0.15) is 5.10 Å². The maximum atomic E-state index is 10.6. The van der Waals surface area contributed by atoms with Crippen molar-refractivity contribution in [2.24, 2.45) is 5.10 Å². The predicted octanol–water partition coefficient (Wildman–Crippen LogP) is 5.14. The number of nitro benzene ring substituents is 1. The molecule has 0 bridgehead atoms. The van der Waals surface area contributed by atoms with Crippen molar-refractivity contribution in [3.05, 3.63) is 86.6 Å². The molecule has 0 radical (unpaired) electrons. The van der Waals surface area contributed by atoms with Gasteiger partial charge in [-0.25, -0.2) is 0 Å². The Balaban J connectivity index is 1.76. The molecule has 0 fully saturated rings. The Kier molecular flexibility index (Phi) is 5.02. The predicted molar refractivity (Wildman–Crippen MR) is 100 cm³/mol. The van der Waals surface area contributed by atoms with Crippen molar-refractivity contribution >= 4 is 40.8 Å². The van der Waals surface area contributed by atoms with E-state index in [1.54, 1.807) is 36.5 Å². The largest absolute Gasteiger partial charge is 0.315 e. The van der Waals surface area contributed by atoms with Crippen LogP contribution in [0.1, 0.15) is 5.69 Å². The van der Waals surface area contributed by atoms with E-state index in [0.29, 0.717) is 15.7 Å². The third-order valence-corrected chi connectivity index (χ3v) is 3.81. The first-order chi connectivity index (χ1) is 12.0. The molecular formula is C17H12Cl2N4O2. The number of nitrogens with zero attached hydrogens (tertiary/aromatic N) is 3. The molecule has 0 saturated carbocycles. The van der Waals surface area contributed by atoms with E-state index >= 15 is 0 Å². The minimum atomic E-state index is -0.448. The van der Waals surface area contributed by atoms with Crippen molar-refractivity contribution in [1.29, 1.82) is 0 Å². The SMILES string of the molecule is O=[N+]([O-])c1ccc(NN=Cc2cccn2-c2cc(Cl)cc(Cl)c2)cc1. The minimum Gasteiger partial charge on any atom is -0.315 e. The lowest BCUT2D eigenvalue weighted by Gasteiger charge is -2.07. The second kappa shape index (κ2) is 7.38. The van der Waals surface area contributed by atoms with Crippen LogP contribution >= 0.6 is 23.2 Å². The lowest BCUT2D eigenvalue weighted by atomic mass is 10.3. The van der Waals surface area contributed by atoms with Gasteiger partial charge in [0.25, 0.3) is 5.69 Å². The quantitative estimate of drug-likeness (QED) is 0.381. The molecule has 0 spiro atoms. The van der Waals surface area contributed by atoms with Gasteiger partial charge in [-0.05, 0) is 42.5 Å². The number of anilines is 1. The summed E-state index contributed by atoms with van der Waals surface area (Å²) in [6, 6.07) is 15.0. The van der Waals surface area contributed by atoms with E-state index in [-0.39, 0.29) is 5.69 Å². The fraction of sp³-hybridized carbons (Fsp3) is 0. The van der Waals surface area contributed by atoms with Crippen molar-refractivity contribution < 1.29 is 4.92 Å². The van der Waals surface area contributed by atoms with E-state index in [2.05, 4.69) is 10.5 Å². The molecule has 0 aliphatic heterocycles. The number of hydrogen-bond donors (Lipinski definition) is 1. The average molecular weight is 375 g/mol. The second-order valence-corrected chi connectivity index (χ2v) is 5.98. The number of hydrazone groups is 1. The summed E-state index contributed by atoms with van der Waals surface area (Å²) in [4.78, 5) is 10.2. The van der Waals surface area contributed by atoms with E-state index in [9.17, 15) is 10.1 Å². The molecule has 0 aliphatic carbocycles. The molecule has 126 valence electrons. The van der Waals surface area contributed by atoms with Crippen LogP contribution < -0.4 is 5.43 Å². The van der Waals surface area contributed by atoms with Crippen LogP contribution in [0.15, 0.2) is 65.9 Å². The van der Waals surface area contributed by atoms with Crippen LogP contribution in [-0.4, -0.2) is 15.7 Å². The number of halogens is 2. The van der Waals surface area contributed by atoms with Crippen molar-refractivity contribution in [3.8, 4) is 5.69 Å². The summed E-state index contributed by atoms with van der Waals surface area (Å²) in [5, 5.41) is 15.9. The summed E-state index contributed by atoms with van der Waals surface area (Å²) in [5.41, 5.74) is 5.14. The molecule has 1 heterocycles. The van der Waals surface area contributed by atoms with Gasteiger partial charge >= 0.3 is 0 Å². The summed E-state index contributed by atoms with van der Waals surface area (Å²) < 4.78 is 1.89. The van der Waals surface area contributed by atoms with E-state index in [1.165, 1.54) is 12.1 Å². The highest BCUT2D eigenvalue weighted by molar-refractivity contribution is 6.34. The molecule has 2 aromatic carbocycles. The zero-order chi connectivity index (χ0) is 17.8. The smallest absolute Gasteiger partial charge is 0.269 e. The van der Waals surface area contributed by atoms with Crippen LogP contribution in [0.5, 0.6) is 0 Å². The highest BCUT2D eigenvalue weighted by atomic mass is 35.5. The minimum absolute atomic E-state index is 0.0289. The monoisotopic (exact) mass is 374 g/mol. The van der Waals surface area contributed by atoms with Gasteiger partial charge in [-0.15, -0.1) is 0 Å². The Bertz CT molecular complexity index is 916. The third-order valence-electron chi connectivity index (χ3n) is 3.37. The topological polar surface area (TPSA) is 72.5 Å². The summed E-state index contributed by atoms with van der Waals surface area (Å²) >= 11 is 12.1. The first-order valence-electron chi connectivity index (χ1n) is 7.20. The average Bonchev–Trinajstić information content (AvgIpc) is 3.03. The Morgan fingerprint density at radius 2 is 1.76 bits per heavy atom. The number of hydrogen-bond acceptors (Lipinski definition) is 4. The number of nitro groups is 1. The molecule has 25 heavy (non-hydrogen) atoms. The number of benzene rings is 2. The van der Waals surface area contributed by atoms with Gasteiger partial charge in [-0.1, -0.05) is 23.2 Å². The zero-order valence-corrected chi connectivity index (χ0v) is 14.3. The second-order valence-electron chi connectivity index (χ2n) is 5.10. The molecule has 1 N–H and O–H groups in total. The van der Waals surface area contributed by atoms with Gasteiger partial charge in [0.15, 0.2) is 0 Å². The Labute approximate surface area is 153 Å². The fourth-order valence-electron chi connectivity index (χ4n) is 2.24. The highest BCUT2D eigenvalue weighted by Crippen LogP contribution is 2.23. The third kappa shape index (κ3) is 4.17. The van der Waals surface area contributed by atoms with Gasteiger partial charge in [0.05, 0.1) is 22.5 Å². The molecule has 0 saturated heterocycles. The maximum Gasteiger partial charge on any atom is 0.269 e. The Morgan fingerprint density at radius 3 is 2.40 bits per heavy atom. The molecular weight excluding hydrogens is 363 g/mol. The van der Waals surface area contributed by atoms with Crippen molar-refractivity contribution in [1.82, 2.24) is 4.57 Å². The van der Waals surface area contributed by atoms with Crippen molar-refractivity contribution in [2.75, 3.05) is 5.43 Å². The number of non-ortho nitro benzene ring substituents is 1. The van der Waals surface area contributed by atoms with E-state index < -0.39 is 4.92 Å². The van der Waals surface area contributed by atoms with Crippen molar-refractivity contribution in [2.45, 2.75) is 0 Å². The fourth-order valence-corrected chi connectivity index (χ4v) is 2.76. The molecule has 6 nitrogen and oxygen atoms in total. The summed E-state index contributed by atoms with van der Waals surface area (Å²) in [6.45, 7) is 0. The standard InChI is InChI=1S/C17H12Cl2N4O2/c18-12-8-13(19)10-17(9-12)22-7-1-2-16(22)11-20-21-14-3-5-15(6-4-14)23(24)25/h1-11,21H. The van der Waals surface area contributed by atoms with Gasteiger partial charge in [0.2, 0.25) is 0 Å². The lowest BCUT2D eigenvalue weighted by molar-refractivity contribution is -0.384. The first kappa shape index (κ1) is 17.0. The maximum absolute atomic E-state index is 10.6. The molecule has 0 unspecified atom stereocenters. The number of aromatic nitrogens is 1. The Morgan fingerprint density at radius 1 is 1.08 bits per heavy atom. The van der Waals surface area contributed by atoms with Crippen LogP contribution in [0.3, 0.4) is 0 Å². The van der Waals surface area contributed by atoms with Gasteiger partial charge < -0.3 is 4.57 Å². The molecule has 0 amide bonds. The molecule has 0 atom stereocenters. The van der Waals surface area contributed by atoms with Crippen LogP contribution in [0.25, 0.3) is 5.69 Å². The molecule has 8 heteroatoms. The van der Waals surface area contributed by atoms with Gasteiger partial charge in [0.1, 0.15) is 0 Å². The van der Waals surface area contributed by atoms with Crippen LogP contribution in [0, 0.1) is 10.1 Å². The van der Waals surface area contributed by atoms with Gasteiger partial charge in [-0.3, -0.25) is 15.5 Å². The van der Waals surface area contributed by atoms with E-state index in [0.717, 1.165) is 11.4 Å². The Hall–Kier alpha value is -2.83. The van der Waals surface area contributed by atoms with E-state index in [1.807, 2.05) is 22.9 Å². The van der Waals surface area contributed by atoms with E-state index in [4.69, 9.17) is 23.2 Å². The van der Waals surface area contributed by atoms with Crippen LogP contribution in [-0.2, 0) is 0 Å². The lowest BCUT2D eigenvalue weighted by Crippen LogP contribution is -1.99. The van der Waals surface area contributed by atoms with Crippen LogP contribution in [0.2, 0.25) is 10.0 Å². The van der Waals surface area contributed by atoms with Crippen LogP contribution in [0.4, 0.5) is 11.4 Å². The van der Waals surface area contributed by atoms with Gasteiger partial charge in [0, 0.05) is 34.1 Å². The van der Waals surface area contributed by atoms with Crippen molar-refractivity contribution in [3.63, 3.8) is 0 Å². The number of nitrogens with one attached hydrogen (secondary N) is 1. The molecule has 0 aliphatic rings. The summed E-state index contributed by atoms with van der Waals surface area (Å²) in [5.74, 6) is 0. The normalized spacial score (nSPS) is 11.0. The molecule has 3 aromatic rings. The summed E-state index contributed by atoms with van der Waals surface area (Å²) in [6.07, 6.45) is 3.51. The first-order valence-corrected chi connectivity index (χ1v) is 7.96. The molecule has 1 aromatic heterocycles. The zero-order valence-electron chi connectivity index (χ0n) is 12.8. The number of rotatable bonds is 5.